The van der Waals surface area contributed by atoms with Gasteiger partial charge in [0.25, 0.3) is 0 Å². The largest absolute Gasteiger partial charge is 0.513 e. The van der Waals surface area contributed by atoms with Crippen molar-refractivity contribution in [3.63, 3.8) is 0 Å². The average molecular weight is 541 g/mol. The number of aromatic nitrogens is 6. The molecule has 202 valence electrons. The van der Waals surface area contributed by atoms with Gasteiger partial charge in [0.2, 0.25) is 0 Å². The van der Waals surface area contributed by atoms with Gasteiger partial charge >= 0.3 is 12.3 Å². The Bertz CT molecular complexity index is 1490. The van der Waals surface area contributed by atoms with Crippen LogP contribution in [0.2, 0.25) is 0 Å². The summed E-state index contributed by atoms with van der Waals surface area (Å²) in [6, 6.07) is 21.2. The van der Waals surface area contributed by atoms with Gasteiger partial charge in [-0.3, -0.25) is 10.2 Å². The Balaban J connectivity index is 1.29. The molecule has 0 aliphatic rings. The summed E-state index contributed by atoms with van der Waals surface area (Å²) in [7, 11) is 0. The topological polar surface area (TPSA) is 154 Å². The molecule has 0 aliphatic heterocycles. The van der Waals surface area contributed by atoms with Crippen LogP contribution in [-0.4, -0.2) is 55.9 Å². The highest BCUT2D eigenvalue weighted by Gasteiger charge is 2.13. The van der Waals surface area contributed by atoms with Crippen LogP contribution in [0.1, 0.15) is 13.8 Å². The summed E-state index contributed by atoms with van der Waals surface area (Å²) in [6.45, 7) is 3.88. The first-order chi connectivity index (χ1) is 19.5. The molecular weight excluding hydrogens is 516 g/mol. The molecule has 0 amide bonds. The van der Waals surface area contributed by atoms with Gasteiger partial charge in [-0.2, -0.15) is 10.2 Å². The van der Waals surface area contributed by atoms with E-state index in [0.29, 0.717) is 34.8 Å². The number of aromatic amines is 2. The minimum absolute atomic E-state index is 0.236. The Morgan fingerprint density at radius 3 is 1.45 bits per heavy atom. The summed E-state index contributed by atoms with van der Waals surface area (Å²) < 4.78 is 19.7. The quantitative estimate of drug-likeness (QED) is 0.186. The zero-order valence-corrected chi connectivity index (χ0v) is 21.6. The first-order valence-corrected chi connectivity index (χ1v) is 12.4. The third kappa shape index (κ3) is 6.13. The highest BCUT2D eigenvalue weighted by atomic mass is 16.7. The molecule has 5 rings (SSSR count). The number of nitrogens with one attached hydrogen (secondary N) is 2. The molecule has 0 saturated heterocycles. The lowest BCUT2D eigenvalue weighted by molar-refractivity contribution is 0.103. The van der Waals surface area contributed by atoms with E-state index in [1.807, 2.05) is 24.3 Å². The van der Waals surface area contributed by atoms with Crippen LogP contribution in [0.4, 0.5) is 9.59 Å². The molecule has 5 aromatic rings. The van der Waals surface area contributed by atoms with Crippen LogP contribution < -0.4 is 9.47 Å². The van der Waals surface area contributed by atoms with Gasteiger partial charge in [0, 0.05) is 22.3 Å². The fourth-order valence-corrected chi connectivity index (χ4v) is 3.69. The number of carbonyl (C=O) groups is 2. The molecule has 40 heavy (non-hydrogen) atoms. The fourth-order valence-electron chi connectivity index (χ4n) is 3.69. The zero-order valence-electron chi connectivity index (χ0n) is 21.6. The Kier molecular flexibility index (Phi) is 7.77. The summed E-state index contributed by atoms with van der Waals surface area (Å²) in [5.74, 6) is 2.83. The van der Waals surface area contributed by atoms with Crippen LogP contribution >= 0.6 is 0 Å². The van der Waals surface area contributed by atoms with Crippen molar-refractivity contribution < 1.29 is 28.5 Å². The number of carbonyl (C=O) groups excluding carboxylic acids is 2. The van der Waals surface area contributed by atoms with E-state index in [1.165, 1.54) is 0 Å². The van der Waals surface area contributed by atoms with E-state index in [1.54, 1.807) is 62.4 Å². The summed E-state index contributed by atoms with van der Waals surface area (Å²) in [6.07, 6.45) is -1.51. The second-order valence-electron chi connectivity index (χ2n) is 8.21. The summed E-state index contributed by atoms with van der Waals surface area (Å²) in [4.78, 5) is 32.2. The predicted octanol–water partition coefficient (Wildman–Crippen LogP) is 5.66. The molecule has 3 aromatic carbocycles. The molecule has 12 heteroatoms. The van der Waals surface area contributed by atoms with Gasteiger partial charge < -0.3 is 18.9 Å². The molecule has 0 atom stereocenters. The maximum Gasteiger partial charge on any atom is 0.513 e. The monoisotopic (exact) mass is 540 g/mol. The van der Waals surface area contributed by atoms with Crippen molar-refractivity contribution in [1.29, 1.82) is 0 Å². The number of ether oxygens (including phenoxy) is 4. The first kappa shape index (κ1) is 26.1. The normalized spacial score (nSPS) is 10.7. The second kappa shape index (κ2) is 11.9. The zero-order chi connectivity index (χ0) is 27.9. The predicted molar refractivity (Wildman–Crippen MR) is 143 cm³/mol. The standard InChI is InChI=1S/C28H24N6O6/c1-3-37-27(35)39-21-12-8-17(9-13-21)23-29-25(33-31-23)19-6-5-7-20(16-19)26-30-24(32-34-26)18-10-14-22(15-11-18)40-28(36)38-4-2/h5-16H,3-4H2,1-2H3,(H,29,31,33)(H,30,32,34). The van der Waals surface area contributed by atoms with Crippen molar-refractivity contribution in [2.24, 2.45) is 0 Å². The number of benzene rings is 3. The molecule has 2 aromatic heterocycles. The average Bonchev–Trinajstić information content (AvgIpc) is 3.65. The number of hydrogen-bond donors (Lipinski definition) is 2. The van der Waals surface area contributed by atoms with Crippen LogP contribution in [-0.2, 0) is 9.47 Å². The number of H-pyrrole nitrogens is 2. The van der Waals surface area contributed by atoms with Gasteiger partial charge in [-0.25, -0.2) is 19.6 Å². The lowest BCUT2D eigenvalue weighted by Gasteiger charge is -2.04. The third-order valence-corrected chi connectivity index (χ3v) is 5.53. The highest BCUT2D eigenvalue weighted by molar-refractivity contribution is 5.70. The van der Waals surface area contributed by atoms with E-state index < -0.39 is 12.3 Å². The van der Waals surface area contributed by atoms with E-state index in [9.17, 15) is 9.59 Å². The first-order valence-electron chi connectivity index (χ1n) is 12.4. The molecular formula is C28H24N6O6. The summed E-state index contributed by atoms with van der Waals surface area (Å²) in [5, 5.41) is 14.6. The summed E-state index contributed by atoms with van der Waals surface area (Å²) >= 11 is 0. The second-order valence-corrected chi connectivity index (χ2v) is 8.21. The van der Waals surface area contributed by atoms with E-state index >= 15 is 0 Å². The maximum atomic E-state index is 11.5. The van der Waals surface area contributed by atoms with Gasteiger partial charge in [0.1, 0.15) is 11.5 Å². The summed E-state index contributed by atoms with van der Waals surface area (Å²) in [5.41, 5.74) is 3.08. The van der Waals surface area contributed by atoms with Crippen LogP contribution in [0.25, 0.3) is 45.6 Å². The number of rotatable bonds is 8. The lowest BCUT2D eigenvalue weighted by Crippen LogP contribution is -2.09. The smallest absolute Gasteiger partial charge is 0.434 e. The molecule has 12 nitrogen and oxygen atoms in total. The van der Waals surface area contributed by atoms with Crippen molar-refractivity contribution in [1.82, 2.24) is 30.4 Å². The molecule has 0 aliphatic carbocycles. The van der Waals surface area contributed by atoms with Crippen molar-refractivity contribution in [3.8, 4) is 57.1 Å². The van der Waals surface area contributed by atoms with Crippen LogP contribution in [0.3, 0.4) is 0 Å². The van der Waals surface area contributed by atoms with Crippen molar-refractivity contribution >= 4 is 12.3 Å². The highest BCUT2D eigenvalue weighted by Crippen LogP contribution is 2.27. The molecule has 0 bridgehead atoms. The van der Waals surface area contributed by atoms with E-state index in [-0.39, 0.29) is 13.2 Å². The van der Waals surface area contributed by atoms with Crippen LogP contribution in [0, 0.1) is 0 Å². The molecule has 0 saturated carbocycles. The Labute approximate surface area is 228 Å². The lowest BCUT2D eigenvalue weighted by atomic mass is 10.1. The SMILES string of the molecule is CCOC(=O)Oc1ccc(-c2nc(-c3cccc(-c4n[nH]c(-c5ccc(OC(=O)OCC)cc5)n4)c3)n[nH]2)cc1. The van der Waals surface area contributed by atoms with Crippen LogP contribution in [0.5, 0.6) is 11.5 Å². The van der Waals surface area contributed by atoms with E-state index in [2.05, 4.69) is 30.4 Å². The minimum Gasteiger partial charge on any atom is -0.434 e. The minimum atomic E-state index is -0.755. The van der Waals surface area contributed by atoms with Crippen molar-refractivity contribution in [3.05, 3.63) is 72.8 Å². The van der Waals surface area contributed by atoms with Gasteiger partial charge in [-0.05, 0) is 68.4 Å². The molecule has 0 radical (unpaired) electrons. The van der Waals surface area contributed by atoms with Crippen LogP contribution in [0.15, 0.2) is 72.8 Å². The third-order valence-electron chi connectivity index (χ3n) is 5.53. The van der Waals surface area contributed by atoms with E-state index in [4.69, 9.17) is 18.9 Å². The molecule has 2 heterocycles. The van der Waals surface area contributed by atoms with Gasteiger partial charge in [-0.1, -0.05) is 18.2 Å². The molecule has 0 unspecified atom stereocenters. The number of hydrogen-bond acceptors (Lipinski definition) is 10. The van der Waals surface area contributed by atoms with Gasteiger partial charge in [-0.15, -0.1) is 0 Å². The molecule has 2 N–H and O–H groups in total. The van der Waals surface area contributed by atoms with Gasteiger partial charge in [0.05, 0.1) is 13.2 Å². The Hall–Kier alpha value is -5.52. The Morgan fingerprint density at radius 2 is 1.05 bits per heavy atom. The maximum absolute atomic E-state index is 11.5. The molecule has 0 spiro atoms. The van der Waals surface area contributed by atoms with Gasteiger partial charge in [0.15, 0.2) is 23.3 Å². The Morgan fingerprint density at radius 1 is 0.625 bits per heavy atom. The molecule has 0 fully saturated rings. The van der Waals surface area contributed by atoms with Crippen molar-refractivity contribution in [2.75, 3.05) is 13.2 Å². The fraction of sp³-hybridized carbons (Fsp3) is 0.143. The van der Waals surface area contributed by atoms with Crippen molar-refractivity contribution in [2.45, 2.75) is 13.8 Å². The number of nitrogens with zero attached hydrogens (tertiary/aromatic N) is 4. The van der Waals surface area contributed by atoms with E-state index in [0.717, 1.165) is 22.3 Å².